The zero-order chi connectivity index (χ0) is 21.1. The van der Waals surface area contributed by atoms with Crippen molar-refractivity contribution in [3.63, 3.8) is 0 Å². The van der Waals surface area contributed by atoms with Crippen LogP contribution in [0.1, 0.15) is 21.3 Å². The number of benzene rings is 1. The number of amides is 1. The highest BCUT2D eigenvalue weighted by atomic mass is 32.1. The van der Waals surface area contributed by atoms with E-state index in [0.29, 0.717) is 13.0 Å². The molecule has 3 aromatic heterocycles. The van der Waals surface area contributed by atoms with Crippen LogP contribution < -0.4 is 5.32 Å². The van der Waals surface area contributed by atoms with E-state index < -0.39 is 12.1 Å². The average molecular weight is 450 g/mol. The van der Waals surface area contributed by atoms with Crippen LogP contribution in [0.25, 0.3) is 22.0 Å². The summed E-state index contributed by atoms with van der Waals surface area (Å²) in [7, 11) is 0. The Balaban J connectivity index is 1.37. The van der Waals surface area contributed by atoms with E-state index in [1.165, 1.54) is 23.5 Å². The predicted octanol–water partition coefficient (Wildman–Crippen LogP) is 4.91. The third kappa shape index (κ3) is 4.57. The minimum atomic E-state index is -4.72. The molecule has 1 aromatic carbocycles. The molecular formula is C19H13F3N4O2S2. The van der Waals surface area contributed by atoms with Gasteiger partial charge < -0.3 is 9.84 Å². The Morgan fingerprint density at radius 2 is 2.00 bits per heavy atom. The molecule has 11 heteroatoms. The van der Waals surface area contributed by atoms with Gasteiger partial charge in [0, 0.05) is 29.5 Å². The molecule has 4 rings (SSSR count). The Labute approximate surface area is 176 Å². The molecular weight excluding hydrogens is 437 g/mol. The van der Waals surface area contributed by atoms with Crippen LogP contribution in [-0.4, -0.2) is 27.6 Å². The minimum Gasteiger partial charge on any atom is -0.352 e. The number of thiazole rings is 1. The Bertz CT molecular complexity index is 1150. The Morgan fingerprint density at radius 3 is 2.73 bits per heavy atom. The van der Waals surface area contributed by atoms with Gasteiger partial charge in [-0.15, -0.1) is 22.7 Å². The maximum atomic E-state index is 12.6. The van der Waals surface area contributed by atoms with Crippen molar-refractivity contribution in [1.29, 1.82) is 0 Å². The SMILES string of the molecule is O=C(NCCc1nc(-c2cccs2)cs1)c1cccc(-c2noc(C(F)(F)F)n2)c1. The maximum absolute atomic E-state index is 12.6. The van der Waals surface area contributed by atoms with Crippen molar-refractivity contribution in [2.45, 2.75) is 12.6 Å². The first-order valence-corrected chi connectivity index (χ1v) is 10.4. The van der Waals surface area contributed by atoms with E-state index in [1.54, 1.807) is 23.5 Å². The lowest BCUT2D eigenvalue weighted by Gasteiger charge is -2.05. The summed E-state index contributed by atoms with van der Waals surface area (Å²) in [5.41, 5.74) is 1.45. The molecule has 0 aliphatic rings. The summed E-state index contributed by atoms with van der Waals surface area (Å²) < 4.78 is 42.1. The number of carbonyl (C=O) groups is 1. The van der Waals surface area contributed by atoms with Crippen LogP contribution in [0.15, 0.2) is 51.7 Å². The highest BCUT2D eigenvalue weighted by molar-refractivity contribution is 7.14. The van der Waals surface area contributed by atoms with Crippen LogP contribution in [0.5, 0.6) is 0 Å². The van der Waals surface area contributed by atoms with Crippen molar-refractivity contribution in [3.05, 3.63) is 63.6 Å². The molecule has 154 valence electrons. The van der Waals surface area contributed by atoms with Crippen LogP contribution in [-0.2, 0) is 12.6 Å². The highest BCUT2D eigenvalue weighted by Crippen LogP contribution is 2.29. The number of carbonyl (C=O) groups excluding carboxylic acids is 1. The number of hydrogen-bond acceptors (Lipinski definition) is 7. The molecule has 0 fully saturated rings. The summed E-state index contributed by atoms with van der Waals surface area (Å²) in [6.45, 7) is 0.376. The van der Waals surface area contributed by atoms with Crippen molar-refractivity contribution < 1.29 is 22.5 Å². The van der Waals surface area contributed by atoms with E-state index in [4.69, 9.17) is 0 Å². The highest BCUT2D eigenvalue weighted by Gasteiger charge is 2.38. The number of hydrogen-bond donors (Lipinski definition) is 1. The van der Waals surface area contributed by atoms with Gasteiger partial charge in [0.1, 0.15) is 0 Å². The van der Waals surface area contributed by atoms with E-state index in [-0.39, 0.29) is 22.9 Å². The van der Waals surface area contributed by atoms with Gasteiger partial charge in [-0.2, -0.15) is 18.2 Å². The number of nitrogens with zero attached hydrogens (tertiary/aromatic N) is 3. The van der Waals surface area contributed by atoms with Gasteiger partial charge in [-0.3, -0.25) is 4.79 Å². The van der Waals surface area contributed by atoms with Gasteiger partial charge in [0.05, 0.1) is 15.6 Å². The molecule has 0 bridgehead atoms. The summed E-state index contributed by atoms with van der Waals surface area (Å²) in [6, 6.07) is 9.98. The fourth-order valence-corrected chi connectivity index (χ4v) is 4.16. The molecule has 4 aromatic rings. The minimum absolute atomic E-state index is 0.235. The summed E-state index contributed by atoms with van der Waals surface area (Å²) in [6.07, 6.45) is -4.15. The molecule has 0 spiro atoms. The summed E-state index contributed by atoms with van der Waals surface area (Å²) in [5.74, 6) is -2.02. The second kappa shape index (κ2) is 8.36. The second-order valence-electron chi connectivity index (χ2n) is 6.11. The van der Waals surface area contributed by atoms with Gasteiger partial charge in [0.2, 0.25) is 5.82 Å². The molecule has 0 atom stereocenters. The van der Waals surface area contributed by atoms with Gasteiger partial charge in [-0.05, 0) is 23.6 Å². The summed E-state index contributed by atoms with van der Waals surface area (Å²) in [5, 5.41) is 11.0. The number of rotatable bonds is 6. The lowest BCUT2D eigenvalue weighted by Crippen LogP contribution is -2.25. The Kier molecular flexibility index (Phi) is 5.64. The van der Waals surface area contributed by atoms with Crippen molar-refractivity contribution >= 4 is 28.6 Å². The number of halogens is 3. The molecule has 0 aliphatic heterocycles. The number of thiophene rings is 1. The smallest absolute Gasteiger partial charge is 0.352 e. The molecule has 3 heterocycles. The van der Waals surface area contributed by atoms with E-state index in [9.17, 15) is 18.0 Å². The molecule has 0 radical (unpaired) electrons. The first-order chi connectivity index (χ1) is 14.4. The third-order valence-electron chi connectivity index (χ3n) is 4.00. The first kappa shape index (κ1) is 20.2. The lowest BCUT2D eigenvalue weighted by atomic mass is 10.1. The number of alkyl halides is 3. The van der Waals surface area contributed by atoms with Crippen LogP contribution >= 0.6 is 22.7 Å². The van der Waals surface area contributed by atoms with Crippen molar-refractivity contribution in [2.75, 3.05) is 6.54 Å². The Morgan fingerprint density at radius 1 is 1.13 bits per heavy atom. The maximum Gasteiger partial charge on any atom is 0.471 e. The third-order valence-corrected chi connectivity index (χ3v) is 5.80. The van der Waals surface area contributed by atoms with Gasteiger partial charge in [0.25, 0.3) is 5.91 Å². The molecule has 0 saturated heterocycles. The predicted molar refractivity (Wildman–Crippen MR) is 106 cm³/mol. The monoisotopic (exact) mass is 450 g/mol. The molecule has 1 amide bonds. The standard InChI is InChI=1S/C19H13F3N4O2S2/c20-19(21,22)18-25-16(26-28-18)11-3-1-4-12(9-11)17(27)23-7-6-15-24-13(10-30-15)14-5-2-8-29-14/h1-5,8-10H,6-7H2,(H,23,27). The van der Waals surface area contributed by atoms with E-state index >= 15 is 0 Å². The largest absolute Gasteiger partial charge is 0.471 e. The topological polar surface area (TPSA) is 80.9 Å². The van der Waals surface area contributed by atoms with Crippen LogP contribution in [0.2, 0.25) is 0 Å². The second-order valence-corrected chi connectivity index (χ2v) is 8.00. The fraction of sp³-hybridized carbons (Fsp3) is 0.158. The van der Waals surface area contributed by atoms with E-state index in [2.05, 4.69) is 25.0 Å². The van der Waals surface area contributed by atoms with Gasteiger partial charge in [0.15, 0.2) is 0 Å². The van der Waals surface area contributed by atoms with Crippen LogP contribution in [0.3, 0.4) is 0 Å². The zero-order valence-electron chi connectivity index (χ0n) is 15.1. The van der Waals surface area contributed by atoms with Crippen LogP contribution in [0, 0.1) is 0 Å². The normalized spacial score (nSPS) is 11.6. The molecule has 0 aliphatic carbocycles. The molecule has 1 N–H and O–H groups in total. The van der Waals surface area contributed by atoms with Crippen molar-refractivity contribution in [3.8, 4) is 22.0 Å². The molecule has 30 heavy (non-hydrogen) atoms. The van der Waals surface area contributed by atoms with E-state index in [0.717, 1.165) is 15.6 Å². The van der Waals surface area contributed by atoms with Crippen LogP contribution in [0.4, 0.5) is 13.2 Å². The zero-order valence-corrected chi connectivity index (χ0v) is 16.8. The molecule has 0 saturated carbocycles. The number of nitrogens with one attached hydrogen (secondary N) is 1. The Hall–Kier alpha value is -3.05. The summed E-state index contributed by atoms with van der Waals surface area (Å²) in [4.78, 5) is 21.4. The molecule has 0 unspecified atom stereocenters. The van der Waals surface area contributed by atoms with Gasteiger partial charge in [-0.1, -0.05) is 23.4 Å². The fourth-order valence-electron chi connectivity index (χ4n) is 2.60. The average Bonchev–Trinajstić information content (AvgIpc) is 3.48. The summed E-state index contributed by atoms with van der Waals surface area (Å²) >= 11 is 3.14. The quantitative estimate of drug-likeness (QED) is 0.451. The van der Waals surface area contributed by atoms with Gasteiger partial charge >= 0.3 is 12.1 Å². The van der Waals surface area contributed by atoms with Gasteiger partial charge in [-0.25, -0.2) is 4.98 Å². The first-order valence-electron chi connectivity index (χ1n) is 8.68. The van der Waals surface area contributed by atoms with Crippen molar-refractivity contribution in [2.24, 2.45) is 0 Å². The number of aromatic nitrogens is 3. The van der Waals surface area contributed by atoms with Crippen molar-refractivity contribution in [1.82, 2.24) is 20.4 Å². The van der Waals surface area contributed by atoms with E-state index in [1.807, 2.05) is 22.9 Å². The lowest BCUT2D eigenvalue weighted by molar-refractivity contribution is -0.159. The molecule has 6 nitrogen and oxygen atoms in total.